The molecule has 1 heterocycles. The van der Waals surface area contributed by atoms with E-state index in [-0.39, 0.29) is 12.1 Å². The first-order valence-corrected chi connectivity index (χ1v) is 4.27. The van der Waals surface area contributed by atoms with Gasteiger partial charge in [-0.3, -0.25) is 9.37 Å². The molecule has 0 unspecified atom stereocenters. The molecular weight excluding hydrogens is 153 g/mol. The van der Waals surface area contributed by atoms with Gasteiger partial charge in [-0.1, -0.05) is 6.07 Å². The number of hydrogen-bond donors (Lipinski definition) is 0. The summed E-state index contributed by atoms with van der Waals surface area (Å²) in [4.78, 5) is 4.17. The summed E-state index contributed by atoms with van der Waals surface area (Å²) in [6.07, 6.45) is 3.72. The molecule has 0 radical (unpaired) electrons. The van der Waals surface area contributed by atoms with Gasteiger partial charge in [0.15, 0.2) is 0 Å². The molecule has 64 valence electrons. The first-order valence-electron chi connectivity index (χ1n) is 4.27. The molecule has 0 atom stereocenters. The molecule has 0 amide bonds. The average molecular weight is 165 g/mol. The molecule has 1 aromatic heterocycles. The van der Waals surface area contributed by atoms with E-state index in [1.807, 2.05) is 19.1 Å². The summed E-state index contributed by atoms with van der Waals surface area (Å²) in [5.74, 6) is 0. The standard InChI is InChI=1S/C10H12FN/c1-8-9(3-2-6-12-8)10(7-11)4-5-10/h2-3,6H,4-5,7H2,1H3. The highest BCUT2D eigenvalue weighted by molar-refractivity contribution is 5.33. The molecule has 1 aromatic rings. The van der Waals surface area contributed by atoms with Gasteiger partial charge in [0.25, 0.3) is 0 Å². The maximum atomic E-state index is 12.7. The fourth-order valence-electron chi connectivity index (χ4n) is 1.67. The van der Waals surface area contributed by atoms with Crippen LogP contribution in [0.3, 0.4) is 0 Å². The Labute approximate surface area is 71.6 Å². The van der Waals surface area contributed by atoms with Gasteiger partial charge in [0.05, 0.1) is 6.67 Å². The second-order valence-corrected chi connectivity index (χ2v) is 3.55. The van der Waals surface area contributed by atoms with Gasteiger partial charge in [-0.15, -0.1) is 0 Å². The van der Waals surface area contributed by atoms with Crippen molar-refractivity contribution >= 4 is 0 Å². The second-order valence-electron chi connectivity index (χ2n) is 3.55. The van der Waals surface area contributed by atoms with Crippen LogP contribution in [0, 0.1) is 6.92 Å². The highest BCUT2D eigenvalue weighted by Crippen LogP contribution is 2.49. The zero-order chi connectivity index (χ0) is 8.60. The largest absolute Gasteiger partial charge is 0.261 e. The van der Waals surface area contributed by atoms with Crippen LogP contribution in [-0.4, -0.2) is 11.7 Å². The Bertz CT molecular complexity index is 292. The molecule has 2 heteroatoms. The fraction of sp³-hybridized carbons (Fsp3) is 0.500. The van der Waals surface area contributed by atoms with Gasteiger partial charge in [-0.25, -0.2) is 0 Å². The van der Waals surface area contributed by atoms with Crippen LogP contribution >= 0.6 is 0 Å². The third-order valence-electron chi connectivity index (χ3n) is 2.69. The number of halogens is 1. The number of rotatable bonds is 2. The zero-order valence-electron chi connectivity index (χ0n) is 7.18. The van der Waals surface area contributed by atoms with Gasteiger partial charge in [-0.05, 0) is 31.4 Å². The monoisotopic (exact) mass is 165 g/mol. The summed E-state index contributed by atoms with van der Waals surface area (Å²) in [5.41, 5.74) is 1.93. The molecule has 1 saturated carbocycles. The van der Waals surface area contributed by atoms with Crippen molar-refractivity contribution in [3.63, 3.8) is 0 Å². The minimum absolute atomic E-state index is 0.154. The van der Waals surface area contributed by atoms with Gasteiger partial charge < -0.3 is 0 Å². The molecule has 1 aliphatic rings. The molecule has 0 bridgehead atoms. The van der Waals surface area contributed by atoms with E-state index in [4.69, 9.17) is 0 Å². The number of nitrogens with zero attached hydrogens (tertiary/aromatic N) is 1. The SMILES string of the molecule is Cc1ncccc1C1(CF)CC1. The third-order valence-corrected chi connectivity index (χ3v) is 2.69. The number of pyridine rings is 1. The lowest BCUT2D eigenvalue weighted by Crippen LogP contribution is -2.11. The molecule has 0 aliphatic heterocycles. The zero-order valence-corrected chi connectivity index (χ0v) is 7.18. The summed E-state index contributed by atoms with van der Waals surface area (Å²) < 4.78 is 12.7. The van der Waals surface area contributed by atoms with E-state index in [0.29, 0.717) is 0 Å². The lowest BCUT2D eigenvalue weighted by Gasteiger charge is -2.12. The Morgan fingerprint density at radius 3 is 2.83 bits per heavy atom. The highest BCUT2D eigenvalue weighted by atomic mass is 19.1. The first kappa shape index (κ1) is 7.71. The van der Waals surface area contributed by atoms with Gasteiger partial charge in [0, 0.05) is 17.3 Å². The lowest BCUT2D eigenvalue weighted by molar-refractivity contribution is 0.416. The topological polar surface area (TPSA) is 12.9 Å². The van der Waals surface area contributed by atoms with E-state index in [9.17, 15) is 4.39 Å². The average Bonchev–Trinajstić information content (AvgIpc) is 2.86. The molecule has 0 N–H and O–H groups in total. The summed E-state index contributed by atoms with van der Waals surface area (Å²) >= 11 is 0. The minimum atomic E-state index is -0.237. The molecule has 1 nitrogen and oxygen atoms in total. The van der Waals surface area contributed by atoms with E-state index in [2.05, 4.69) is 4.98 Å². The van der Waals surface area contributed by atoms with Crippen molar-refractivity contribution in [3.8, 4) is 0 Å². The predicted octanol–water partition coefficient (Wildman–Crippen LogP) is 2.39. The molecule has 1 fully saturated rings. The van der Waals surface area contributed by atoms with Crippen LogP contribution in [0.15, 0.2) is 18.3 Å². The number of hydrogen-bond acceptors (Lipinski definition) is 1. The van der Waals surface area contributed by atoms with Crippen LogP contribution in [0.1, 0.15) is 24.1 Å². The molecule has 0 aromatic carbocycles. The summed E-state index contributed by atoms with van der Waals surface area (Å²) in [5, 5.41) is 0. The Kier molecular flexibility index (Phi) is 1.63. The molecule has 1 aliphatic carbocycles. The fourth-order valence-corrected chi connectivity index (χ4v) is 1.67. The Hall–Kier alpha value is -0.920. The van der Waals surface area contributed by atoms with Crippen LogP contribution < -0.4 is 0 Å². The van der Waals surface area contributed by atoms with E-state index >= 15 is 0 Å². The summed E-state index contributed by atoms with van der Waals surface area (Å²) in [7, 11) is 0. The van der Waals surface area contributed by atoms with Crippen LogP contribution in [0.2, 0.25) is 0 Å². The van der Waals surface area contributed by atoms with Gasteiger partial charge in [0.2, 0.25) is 0 Å². The normalized spacial score (nSPS) is 19.2. The molecule has 12 heavy (non-hydrogen) atoms. The second kappa shape index (κ2) is 2.54. The number of alkyl halides is 1. The van der Waals surface area contributed by atoms with Crippen LogP contribution in [-0.2, 0) is 5.41 Å². The van der Waals surface area contributed by atoms with Crippen molar-refractivity contribution in [2.45, 2.75) is 25.2 Å². The van der Waals surface area contributed by atoms with E-state index in [1.54, 1.807) is 6.20 Å². The van der Waals surface area contributed by atoms with Crippen LogP contribution in [0.4, 0.5) is 4.39 Å². The van der Waals surface area contributed by atoms with Gasteiger partial charge in [-0.2, -0.15) is 0 Å². The summed E-state index contributed by atoms with van der Waals surface area (Å²) in [6, 6.07) is 3.88. The van der Waals surface area contributed by atoms with Crippen LogP contribution in [0.25, 0.3) is 0 Å². The number of aromatic nitrogens is 1. The third kappa shape index (κ3) is 1.02. The highest BCUT2D eigenvalue weighted by Gasteiger charge is 2.45. The van der Waals surface area contributed by atoms with Crippen molar-refractivity contribution in [1.29, 1.82) is 0 Å². The Morgan fingerprint density at radius 2 is 2.33 bits per heavy atom. The molecule has 0 spiro atoms. The predicted molar refractivity (Wildman–Crippen MR) is 45.9 cm³/mol. The molecular formula is C10H12FN. The van der Waals surface area contributed by atoms with Gasteiger partial charge >= 0.3 is 0 Å². The summed E-state index contributed by atoms with van der Waals surface area (Å²) in [6.45, 7) is 1.71. The van der Waals surface area contributed by atoms with E-state index < -0.39 is 0 Å². The van der Waals surface area contributed by atoms with E-state index in [0.717, 1.165) is 24.1 Å². The maximum absolute atomic E-state index is 12.7. The molecule has 0 saturated heterocycles. The van der Waals surface area contributed by atoms with E-state index in [1.165, 1.54) is 0 Å². The molecule has 2 rings (SSSR count). The van der Waals surface area contributed by atoms with Crippen molar-refractivity contribution in [3.05, 3.63) is 29.6 Å². The number of aryl methyl sites for hydroxylation is 1. The smallest absolute Gasteiger partial charge is 0.0991 e. The van der Waals surface area contributed by atoms with Gasteiger partial charge in [0.1, 0.15) is 0 Å². The first-order chi connectivity index (χ1) is 5.78. The van der Waals surface area contributed by atoms with Crippen molar-refractivity contribution in [1.82, 2.24) is 4.98 Å². The quantitative estimate of drug-likeness (QED) is 0.655. The van der Waals surface area contributed by atoms with Crippen LogP contribution in [0.5, 0.6) is 0 Å². The lowest BCUT2D eigenvalue weighted by atomic mass is 9.96. The minimum Gasteiger partial charge on any atom is -0.261 e. The van der Waals surface area contributed by atoms with Crippen molar-refractivity contribution in [2.75, 3.05) is 6.67 Å². The van der Waals surface area contributed by atoms with Crippen molar-refractivity contribution in [2.24, 2.45) is 0 Å². The van der Waals surface area contributed by atoms with Crippen molar-refractivity contribution < 1.29 is 4.39 Å². The Morgan fingerprint density at radius 1 is 1.58 bits per heavy atom. The maximum Gasteiger partial charge on any atom is 0.0991 e. The Balaban J connectivity index is 2.40.